The number of morpholine rings is 1. The molecule has 1 aliphatic rings. The van der Waals surface area contributed by atoms with Crippen LogP contribution < -0.4 is 15.4 Å². The number of carbonyl (C=O) groups is 1. The second-order valence-corrected chi connectivity index (χ2v) is 9.47. The van der Waals surface area contributed by atoms with Gasteiger partial charge < -0.3 is 20.1 Å². The maximum atomic E-state index is 14.7. The van der Waals surface area contributed by atoms with E-state index in [1.54, 1.807) is 13.2 Å². The molecule has 0 saturated carbocycles. The van der Waals surface area contributed by atoms with E-state index in [4.69, 9.17) is 21.1 Å². The van der Waals surface area contributed by atoms with E-state index < -0.39 is 5.82 Å². The SMILES string of the molecule is COc1ccc([C@H](CC(=O)Nc2cncc(F)c2CC[C@@H]2CN[C@@H](C)CO2)c2ccccc2)cc1Cl. The number of hydrogen-bond acceptors (Lipinski definition) is 5. The molecule has 190 valence electrons. The van der Waals surface area contributed by atoms with Crippen LogP contribution in [0.4, 0.5) is 10.1 Å². The van der Waals surface area contributed by atoms with E-state index in [9.17, 15) is 9.18 Å². The third kappa shape index (κ3) is 6.60. The van der Waals surface area contributed by atoms with Gasteiger partial charge in [-0.1, -0.05) is 48.0 Å². The Balaban J connectivity index is 1.50. The summed E-state index contributed by atoms with van der Waals surface area (Å²) >= 11 is 6.38. The fourth-order valence-electron chi connectivity index (χ4n) is 4.44. The van der Waals surface area contributed by atoms with E-state index in [-0.39, 0.29) is 24.3 Å². The molecule has 1 fully saturated rings. The standard InChI is InChI=1S/C28H31ClFN3O3/c1-18-17-36-21(14-32-18)9-10-22-25(30)15-31-16-26(22)33-28(34)13-23(19-6-4-3-5-7-19)20-8-11-27(35-2)24(29)12-20/h3-8,11-12,15-16,18,21,23,32H,9-10,13-14,17H2,1-2H3,(H,33,34)/t18-,21+,23+/m0/s1. The lowest BCUT2D eigenvalue weighted by Gasteiger charge is -2.28. The van der Waals surface area contributed by atoms with Gasteiger partial charge in [0.15, 0.2) is 0 Å². The molecule has 6 nitrogen and oxygen atoms in total. The fraction of sp³-hybridized carbons (Fsp3) is 0.357. The number of halogens is 2. The van der Waals surface area contributed by atoms with Crippen molar-refractivity contribution in [1.29, 1.82) is 0 Å². The Hall–Kier alpha value is -3.00. The van der Waals surface area contributed by atoms with Gasteiger partial charge in [0.2, 0.25) is 5.91 Å². The van der Waals surface area contributed by atoms with Gasteiger partial charge in [0.25, 0.3) is 0 Å². The molecule has 3 aromatic rings. The van der Waals surface area contributed by atoms with E-state index in [0.717, 1.165) is 17.7 Å². The Morgan fingerprint density at radius 1 is 1.25 bits per heavy atom. The second-order valence-electron chi connectivity index (χ2n) is 9.06. The van der Waals surface area contributed by atoms with Crippen LogP contribution in [0.1, 0.15) is 42.4 Å². The quantitative estimate of drug-likeness (QED) is 0.405. The first-order chi connectivity index (χ1) is 17.4. The van der Waals surface area contributed by atoms with Crippen LogP contribution in [0.3, 0.4) is 0 Å². The molecule has 2 heterocycles. The van der Waals surface area contributed by atoms with Crippen molar-refractivity contribution in [2.75, 3.05) is 25.6 Å². The highest BCUT2D eigenvalue weighted by Crippen LogP contribution is 2.34. The van der Waals surface area contributed by atoms with Crippen molar-refractivity contribution in [1.82, 2.24) is 10.3 Å². The predicted octanol–water partition coefficient (Wildman–Crippen LogP) is 5.35. The Morgan fingerprint density at radius 2 is 2.06 bits per heavy atom. The zero-order chi connectivity index (χ0) is 25.5. The molecule has 1 aliphatic heterocycles. The number of nitrogens with one attached hydrogen (secondary N) is 2. The number of ether oxygens (including phenoxy) is 2. The third-order valence-corrected chi connectivity index (χ3v) is 6.74. The largest absolute Gasteiger partial charge is 0.495 e. The summed E-state index contributed by atoms with van der Waals surface area (Å²) in [5, 5.41) is 6.75. The molecule has 36 heavy (non-hydrogen) atoms. The minimum atomic E-state index is -0.438. The van der Waals surface area contributed by atoms with Gasteiger partial charge in [-0.05, 0) is 43.0 Å². The Kier molecular flexibility index (Phi) is 8.91. The van der Waals surface area contributed by atoms with Crippen LogP contribution in [0, 0.1) is 5.82 Å². The Morgan fingerprint density at radius 3 is 2.75 bits per heavy atom. The van der Waals surface area contributed by atoms with Crippen LogP contribution in [0.2, 0.25) is 5.02 Å². The van der Waals surface area contributed by atoms with Gasteiger partial charge in [-0.3, -0.25) is 9.78 Å². The number of aromatic nitrogens is 1. The highest BCUT2D eigenvalue weighted by atomic mass is 35.5. The Labute approximate surface area is 216 Å². The number of anilines is 1. The number of hydrogen-bond donors (Lipinski definition) is 2. The van der Waals surface area contributed by atoms with Gasteiger partial charge in [0.05, 0.1) is 42.9 Å². The van der Waals surface area contributed by atoms with E-state index in [0.29, 0.717) is 47.5 Å². The summed E-state index contributed by atoms with van der Waals surface area (Å²) in [5.41, 5.74) is 2.68. The van der Waals surface area contributed by atoms with Crippen molar-refractivity contribution in [2.45, 2.75) is 44.2 Å². The minimum absolute atomic E-state index is 0.000372. The van der Waals surface area contributed by atoms with Crippen molar-refractivity contribution in [3.63, 3.8) is 0 Å². The van der Waals surface area contributed by atoms with Gasteiger partial charge in [-0.15, -0.1) is 0 Å². The molecule has 2 N–H and O–H groups in total. The lowest BCUT2D eigenvalue weighted by atomic mass is 9.88. The number of carbonyl (C=O) groups excluding carboxylic acids is 1. The maximum Gasteiger partial charge on any atom is 0.225 e. The molecule has 0 aliphatic carbocycles. The number of methoxy groups -OCH3 is 1. The van der Waals surface area contributed by atoms with Gasteiger partial charge in [-0.25, -0.2) is 4.39 Å². The maximum absolute atomic E-state index is 14.7. The molecule has 0 unspecified atom stereocenters. The van der Waals surface area contributed by atoms with E-state index in [2.05, 4.69) is 22.5 Å². The van der Waals surface area contributed by atoms with Crippen LogP contribution in [0.5, 0.6) is 5.75 Å². The average Bonchev–Trinajstić information content (AvgIpc) is 2.88. The predicted molar refractivity (Wildman–Crippen MR) is 139 cm³/mol. The topological polar surface area (TPSA) is 72.5 Å². The molecule has 3 atom stereocenters. The molecule has 2 aromatic carbocycles. The number of amides is 1. The van der Waals surface area contributed by atoms with E-state index in [1.165, 1.54) is 12.4 Å². The van der Waals surface area contributed by atoms with Crippen molar-refractivity contribution >= 4 is 23.2 Å². The molecule has 1 saturated heterocycles. The van der Waals surface area contributed by atoms with Crippen LogP contribution in [-0.2, 0) is 16.0 Å². The van der Waals surface area contributed by atoms with Crippen molar-refractivity contribution in [3.8, 4) is 5.75 Å². The smallest absolute Gasteiger partial charge is 0.225 e. The molecular weight excluding hydrogens is 481 g/mol. The molecule has 4 rings (SSSR count). The van der Waals surface area contributed by atoms with Gasteiger partial charge in [-0.2, -0.15) is 0 Å². The first-order valence-corrected chi connectivity index (χ1v) is 12.5. The fourth-order valence-corrected chi connectivity index (χ4v) is 4.71. The number of rotatable bonds is 9. The summed E-state index contributed by atoms with van der Waals surface area (Å²) in [7, 11) is 1.56. The van der Waals surface area contributed by atoms with Gasteiger partial charge in [0, 0.05) is 30.5 Å². The molecule has 0 bridgehead atoms. The normalized spacial score (nSPS) is 18.4. The first kappa shape index (κ1) is 26.1. The van der Waals surface area contributed by atoms with Gasteiger partial charge >= 0.3 is 0 Å². The third-order valence-electron chi connectivity index (χ3n) is 6.44. The number of pyridine rings is 1. The average molecular weight is 512 g/mol. The highest BCUT2D eigenvalue weighted by molar-refractivity contribution is 6.32. The van der Waals surface area contributed by atoms with E-state index in [1.807, 2.05) is 42.5 Å². The molecule has 0 radical (unpaired) electrons. The summed E-state index contributed by atoms with van der Waals surface area (Å²) in [6, 6.07) is 15.6. The van der Waals surface area contributed by atoms with E-state index >= 15 is 0 Å². The lowest BCUT2D eigenvalue weighted by molar-refractivity contribution is -0.116. The zero-order valence-electron chi connectivity index (χ0n) is 20.5. The summed E-state index contributed by atoms with van der Waals surface area (Å²) in [4.78, 5) is 17.2. The number of nitrogens with zero attached hydrogens (tertiary/aromatic N) is 1. The summed E-state index contributed by atoms with van der Waals surface area (Å²) in [6.45, 7) is 3.41. The van der Waals surface area contributed by atoms with Crippen molar-refractivity contribution in [3.05, 3.63) is 88.5 Å². The van der Waals surface area contributed by atoms with Crippen LogP contribution in [0.25, 0.3) is 0 Å². The molecule has 0 spiro atoms. The van der Waals surface area contributed by atoms with Crippen LogP contribution in [-0.4, -0.2) is 43.3 Å². The molecule has 8 heteroatoms. The van der Waals surface area contributed by atoms with Crippen LogP contribution >= 0.6 is 11.6 Å². The lowest BCUT2D eigenvalue weighted by Crippen LogP contribution is -2.44. The highest BCUT2D eigenvalue weighted by Gasteiger charge is 2.22. The summed E-state index contributed by atoms with van der Waals surface area (Å²) in [5.74, 6) is -0.359. The van der Waals surface area contributed by atoms with Crippen molar-refractivity contribution < 1.29 is 18.7 Å². The monoisotopic (exact) mass is 511 g/mol. The molecular formula is C28H31ClFN3O3. The molecule has 1 aromatic heterocycles. The summed E-state index contributed by atoms with van der Waals surface area (Å²) in [6.07, 6.45) is 3.90. The van der Waals surface area contributed by atoms with Crippen molar-refractivity contribution in [2.24, 2.45) is 0 Å². The van der Waals surface area contributed by atoms with Crippen LogP contribution in [0.15, 0.2) is 60.9 Å². The number of benzene rings is 2. The van der Waals surface area contributed by atoms with Gasteiger partial charge in [0.1, 0.15) is 11.6 Å². The second kappa shape index (κ2) is 12.3. The first-order valence-electron chi connectivity index (χ1n) is 12.1. The zero-order valence-corrected chi connectivity index (χ0v) is 21.2. The Bertz CT molecular complexity index is 1170. The minimum Gasteiger partial charge on any atom is -0.495 e. The summed E-state index contributed by atoms with van der Waals surface area (Å²) < 4.78 is 25.8. The molecule has 1 amide bonds.